The van der Waals surface area contributed by atoms with Gasteiger partial charge in [0.2, 0.25) is 0 Å². The molecule has 0 nitrogen and oxygen atoms in total. The van der Waals surface area contributed by atoms with Crippen LogP contribution in [0.5, 0.6) is 0 Å². The molecule has 136 valence electrons. The second-order valence-corrected chi connectivity index (χ2v) is 7.23. The smallest absolute Gasteiger partial charge is 0.123 e. The highest BCUT2D eigenvalue weighted by atomic mass is 35.5. The maximum Gasteiger partial charge on any atom is 0.123 e. The molecular formula is C23H23Cl2F. The van der Waals surface area contributed by atoms with E-state index in [0.717, 1.165) is 22.6 Å². The fourth-order valence-electron chi connectivity index (χ4n) is 2.54. The van der Waals surface area contributed by atoms with Gasteiger partial charge in [0.25, 0.3) is 0 Å². The summed E-state index contributed by atoms with van der Waals surface area (Å²) in [5.41, 5.74) is 4.21. The molecule has 0 aromatic heterocycles. The highest BCUT2D eigenvalue weighted by Gasteiger charge is 2.05. The summed E-state index contributed by atoms with van der Waals surface area (Å²) in [5.74, 6) is 0.328. The van der Waals surface area contributed by atoms with E-state index >= 15 is 0 Å². The van der Waals surface area contributed by atoms with Gasteiger partial charge < -0.3 is 0 Å². The van der Waals surface area contributed by atoms with E-state index in [-0.39, 0.29) is 5.82 Å². The van der Waals surface area contributed by atoms with Crippen LogP contribution in [0.4, 0.5) is 4.39 Å². The number of benzene rings is 3. The average molecular weight is 389 g/mol. The Bertz CT molecular complexity index is 856. The summed E-state index contributed by atoms with van der Waals surface area (Å²) in [6.07, 6.45) is 0.944. The molecule has 0 aliphatic carbocycles. The predicted octanol–water partition coefficient (Wildman–Crippen LogP) is 8.17. The number of rotatable bonds is 3. The van der Waals surface area contributed by atoms with Crippen molar-refractivity contribution < 1.29 is 4.39 Å². The van der Waals surface area contributed by atoms with Crippen molar-refractivity contribution in [3.8, 4) is 11.1 Å². The molecule has 26 heavy (non-hydrogen) atoms. The molecule has 0 heterocycles. The van der Waals surface area contributed by atoms with Crippen LogP contribution < -0.4 is 0 Å². The summed E-state index contributed by atoms with van der Waals surface area (Å²) >= 11 is 11.9. The second kappa shape index (κ2) is 9.75. The average Bonchev–Trinajstić information content (AvgIpc) is 2.62. The van der Waals surface area contributed by atoms with Gasteiger partial charge >= 0.3 is 0 Å². The fraction of sp³-hybridized carbons (Fsp3) is 0.217. The lowest BCUT2D eigenvalue weighted by Gasteiger charge is -2.07. The molecule has 0 aliphatic rings. The van der Waals surface area contributed by atoms with E-state index in [1.165, 1.54) is 23.3 Å². The standard InChI is InChI=1S/C14H12ClF.C9H11Cl/c1-2-10-6-7-14(15)13(8-10)11-4-3-5-12(16)9-11;1-7(2)8-4-3-5-9(10)6-8/h3-9H,2H2,1H3;3-7H,1-2H3. The minimum atomic E-state index is -0.240. The minimum Gasteiger partial charge on any atom is -0.207 e. The topological polar surface area (TPSA) is 0 Å². The maximum atomic E-state index is 13.1. The summed E-state index contributed by atoms with van der Waals surface area (Å²) in [5, 5.41) is 1.48. The van der Waals surface area contributed by atoms with Gasteiger partial charge in [-0.1, -0.05) is 74.3 Å². The SMILES string of the molecule is CC(C)c1cccc(Cl)c1.CCc1ccc(Cl)c(-c2cccc(F)c2)c1. The van der Waals surface area contributed by atoms with Crippen molar-refractivity contribution in [3.63, 3.8) is 0 Å². The molecule has 0 atom stereocenters. The van der Waals surface area contributed by atoms with Gasteiger partial charge in [-0.3, -0.25) is 0 Å². The Morgan fingerprint density at radius 2 is 1.62 bits per heavy atom. The molecule has 0 radical (unpaired) electrons. The number of hydrogen-bond acceptors (Lipinski definition) is 0. The van der Waals surface area contributed by atoms with Crippen LogP contribution in [0.25, 0.3) is 11.1 Å². The van der Waals surface area contributed by atoms with Crippen LogP contribution in [0.1, 0.15) is 37.8 Å². The first-order chi connectivity index (χ1) is 12.4. The lowest BCUT2D eigenvalue weighted by atomic mass is 10.0. The van der Waals surface area contributed by atoms with Crippen LogP contribution in [0.2, 0.25) is 10.0 Å². The largest absolute Gasteiger partial charge is 0.207 e. The van der Waals surface area contributed by atoms with Crippen LogP contribution in [0, 0.1) is 5.82 Å². The quantitative estimate of drug-likeness (QED) is 0.424. The van der Waals surface area contributed by atoms with Crippen molar-refractivity contribution in [1.82, 2.24) is 0 Å². The van der Waals surface area contributed by atoms with Gasteiger partial charge in [0.1, 0.15) is 5.82 Å². The van der Waals surface area contributed by atoms with Gasteiger partial charge in [-0.05, 0) is 65.4 Å². The van der Waals surface area contributed by atoms with Crippen LogP contribution in [0.15, 0.2) is 66.7 Å². The third kappa shape index (κ3) is 5.86. The van der Waals surface area contributed by atoms with E-state index < -0.39 is 0 Å². The van der Waals surface area contributed by atoms with E-state index in [9.17, 15) is 4.39 Å². The first-order valence-corrected chi connectivity index (χ1v) is 9.46. The Hall–Kier alpha value is -1.83. The molecule has 0 unspecified atom stereocenters. The maximum absolute atomic E-state index is 13.1. The van der Waals surface area contributed by atoms with E-state index in [1.807, 2.05) is 42.5 Å². The zero-order valence-electron chi connectivity index (χ0n) is 15.3. The molecule has 3 heteroatoms. The fourth-order valence-corrected chi connectivity index (χ4v) is 2.96. The molecular weight excluding hydrogens is 366 g/mol. The van der Waals surface area contributed by atoms with Gasteiger partial charge in [0.05, 0.1) is 0 Å². The third-order valence-corrected chi connectivity index (χ3v) is 4.65. The molecule has 0 amide bonds. The van der Waals surface area contributed by atoms with Gasteiger partial charge in [0.15, 0.2) is 0 Å². The van der Waals surface area contributed by atoms with E-state index in [1.54, 1.807) is 6.07 Å². The van der Waals surface area contributed by atoms with Gasteiger partial charge in [-0.25, -0.2) is 4.39 Å². The molecule has 0 bridgehead atoms. The van der Waals surface area contributed by atoms with Crippen LogP contribution in [-0.2, 0) is 6.42 Å². The number of aryl methyl sites for hydroxylation is 1. The summed E-state index contributed by atoms with van der Waals surface area (Å²) < 4.78 is 13.1. The zero-order chi connectivity index (χ0) is 19.1. The number of halogens is 3. The van der Waals surface area contributed by atoms with Crippen molar-refractivity contribution >= 4 is 23.2 Å². The Morgan fingerprint density at radius 1 is 0.885 bits per heavy atom. The van der Waals surface area contributed by atoms with E-state index in [0.29, 0.717) is 10.9 Å². The second-order valence-electron chi connectivity index (χ2n) is 6.39. The Kier molecular flexibility index (Phi) is 7.68. The van der Waals surface area contributed by atoms with E-state index in [4.69, 9.17) is 23.2 Å². The van der Waals surface area contributed by atoms with Gasteiger partial charge in [0, 0.05) is 15.6 Å². The zero-order valence-corrected chi connectivity index (χ0v) is 16.8. The summed E-state index contributed by atoms with van der Waals surface area (Å²) in [4.78, 5) is 0. The Balaban J connectivity index is 0.000000209. The Labute approximate surface area is 165 Å². The predicted molar refractivity (Wildman–Crippen MR) is 112 cm³/mol. The molecule has 0 saturated heterocycles. The van der Waals surface area contributed by atoms with Gasteiger partial charge in [-0.2, -0.15) is 0 Å². The van der Waals surface area contributed by atoms with Crippen LogP contribution in [-0.4, -0.2) is 0 Å². The Morgan fingerprint density at radius 3 is 2.19 bits per heavy atom. The molecule has 3 aromatic carbocycles. The molecule has 3 rings (SSSR count). The molecule has 0 saturated carbocycles. The molecule has 0 fully saturated rings. The third-order valence-electron chi connectivity index (χ3n) is 4.09. The molecule has 3 aromatic rings. The van der Waals surface area contributed by atoms with Crippen LogP contribution in [0.3, 0.4) is 0 Å². The van der Waals surface area contributed by atoms with Crippen molar-refractivity contribution in [2.24, 2.45) is 0 Å². The van der Waals surface area contributed by atoms with Crippen molar-refractivity contribution in [2.45, 2.75) is 33.1 Å². The highest BCUT2D eigenvalue weighted by molar-refractivity contribution is 6.33. The summed E-state index contributed by atoms with van der Waals surface area (Å²) in [6.45, 7) is 6.40. The van der Waals surface area contributed by atoms with E-state index in [2.05, 4.69) is 26.8 Å². The minimum absolute atomic E-state index is 0.240. The summed E-state index contributed by atoms with van der Waals surface area (Å²) in [6, 6.07) is 20.3. The van der Waals surface area contributed by atoms with Crippen molar-refractivity contribution in [2.75, 3.05) is 0 Å². The highest BCUT2D eigenvalue weighted by Crippen LogP contribution is 2.29. The lowest BCUT2D eigenvalue weighted by Crippen LogP contribution is -1.85. The van der Waals surface area contributed by atoms with Crippen LogP contribution >= 0.6 is 23.2 Å². The normalized spacial score (nSPS) is 10.4. The molecule has 0 spiro atoms. The van der Waals surface area contributed by atoms with Crippen molar-refractivity contribution in [1.29, 1.82) is 0 Å². The van der Waals surface area contributed by atoms with Gasteiger partial charge in [-0.15, -0.1) is 0 Å². The van der Waals surface area contributed by atoms with Crippen molar-refractivity contribution in [3.05, 3.63) is 93.7 Å². The lowest BCUT2D eigenvalue weighted by molar-refractivity contribution is 0.628. The molecule has 0 N–H and O–H groups in total. The number of hydrogen-bond donors (Lipinski definition) is 0. The first kappa shape index (κ1) is 20.5. The monoisotopic (exact) mass is 388 g/mol. The molecule has 0 aliphatic heterocycles. The summed E-state index contributed by atoms with van der Waals surface area (Å²) in [7, 11) is 0. The first-order valence-electron chi connectivity index (χ1n) is 8.70.